The lowest BCUT2D eigenvalue weighted by Crippen LogP contribution is -2.35. The van der Waals surface area contributed by atoms with Gasteiger partial charge in [-0.2, -0.15) is 0 Å². The highest BCUT2D eigenvalue weighted by atomic mass is 79.9. The van der Waals surface area contributed by atoms with Gasteiger partial charge in [0, 0.05) is 22.5 Å². The lowest BCUT2D eigenvalue weighted by Gasteiger charge is -2.36. The van der Waals surface area contributed by atoms with Crippen molar-refractivity contribution < 1.29 is 0 Å². The van der Waals surface area contributed by atoms with Crippen molar-refractivity contribution >= 4 is 50.2 Å². The standard InChI is InChI=1S/C28H28BrCl2N3/c29-22-8-6-20(7-9-22)24(10-11-27-32-26-17-23(30)16-25(31)28(26)33-27)21-12-14-34(15-13-21)18-19-4-2-1-3-5-19/h1-9,16-17,21,24H,10-15,18H2,(H,32,33). The number of fused-ring (bicyclic) bond motifs is 1. The molecule has 1 unspecified atom stereocenters. The van der Waals surface area contributed by atoms with Crippen molar-refractivity contribution in [1.82, 2.24) is 14.9 Å². The molecule has 1 aromatic heterocycles. The van der Waals surface area contributed by atoms with Crippen LogP contribution in [0, 0.1) is 5.92 Å². The SMILES string of the molecule is Clc1cc(Cl)c2nc(CCC(c3ccc(Br)cc3)C3CCN(Cc4ccccc4)CC3)[nH]c2c1. The summed E-state index contributed by atoms with van der Waals surface area (Å²) in [6.45, 7) is 3.33. The van der Waals surface area contributed by atoms with Gasteiger partial charge in [-0.3, -0.25) is 4.90 Å². The highest BCUT2D eigenvalue weighted by molar-refractivity contribution is 9.10. The Morgan fingerprint density at radius 2 is 1.74 bits per heavy atom. The smallest absolute Gasteiger partial charge is 0.107 e. The Balaban J connectivity index is 1.29. The van der Waals surface area contributed by atoms with E-state index in [0.717, 1.165) is 53.8 Å². The molecule has 1 saturated heterocycles. The van der Waals surface area contributed by atoms with E-state index >= 15 is 0 Å². The van der Waals surface area contributed by atoms with Crippen molar-refractivity contribution in [2.24, 2.45) is 5.92 Å². The van der Waals surface area contributed by atoms with E-state index in [0.29, 0.717) is 21.9 Å². The van der Waals surface area contributed by atoms with Gasteiger partial charge in [0.15, 0.2) is 0 Å². The van der Waals surface area contributed by atoms with E-state index < -0.39 is 0 Å². The quantitative estimate of drug-likeness (QED) is 0.248. The minimum atomic E-state index is 0.499. The van der Waals surface area contributed by atoms with Crippen molar-refractivity contribution in [2.75, 3.05) is 13.1 Å². The third kappa shape index (κ3) is 5.68. The summed E-state index contributed by atoms with van der Waals surface area (Å²) in [7, 11) is 0. The van der Waals surface area contributed by atoms with Crippen LogP contribution >= 0.6 is 39.1 Å². The second kappa shape index (κ2) is 10.8. The van der Waals surface area contributed by atoms with Gasteiger partial charge in [0.1, 0.15) is 11.3 Å². The first kappa shape index (κ1) is 23.9. The Bertz CT molecular complexity index is 1230. The number of nitrogens with one attached hydrogen (secondary N) is 1. The normalized spacial score (nSPS) is 16.2. The van der Waals surface area contributed by atoms with Gasteiger partial charge in [-0.25, -0.2) is 4.98 Å². The number of piperidine rings is 1. The summed E-state index contributed by atoms with van der Waals surface area (Å²) in [5, 5.41) is 1.22. The van der Waals surface area contributed by atoms with Crippen LogP contribution in [0.3, 0.4) is 0 Å². The molecular weight excluding hydrogens is 529 g/mol. The van der Waals surface area contributed by atoms with E-state index in [1.807, 2.05) is 6.07 Å². The van der Waals surface area contributed by atoms with Crippen molar-refractivity contribution in [3.63, 3.8) is 0 Å². The predicted octanol–water partition coefficient (Wildman–Crippen LogP) is 8.26. The number of aromatic amines is 1. The van der Waals surface area contributed by atoms with Gasteiger partial charge >= 0.3 is 0 Å². The monoisotopic (exact) mass is 555 g/mol. The number of halogens is 3. The minimum Gasteiger partial charge on any atom is -0.342 e. The topological polar surface area (TPSA) is 31.9 Å². The zero-order valence-electron chi connectivity index (χ0n) is 19.0. The van der Waals surface area contributed by atoms with Crippen LogP contribution in [-0.4, -0.2) is 28.0 Å². The molecule has 0 aliphatic carbocycles. The van der Waals surface area contributed by atoms with Crippen molar-refractivity contribution in [2.45, 2.75) is 38.1 Å². The molecule has 0 radical (unpaired) electrons. The molecule has 1 aliphatic rings. The molecule has 3 nitrogen and oxygen atoms in total. The Morgan fingerprint density at radius 3 is 2.47 bits per heavy atom. The molecule has 4 aromatic rings. The average molecular weight is 557 g/mol. The molecule has 1 atom stereocenters. The molecule has 1 fully saturated rings. The molecule has 6 heteroatoms. The first-order valence-corrected chi connectivity index (χ1v) is 13.5. The molecular formula is C28H28BrCl2N3. The predicted molar refractivity (Wildman–Crippen MR) is 146 cm³/mol. The van der Waals surface area contributed by atoms with Gasteiger partial charge in [-0.1, -0.05) is 81.6 Å². The van der Waals surface area contributed by atoms with E-state index in [4.69, 9.17) is 28.2 Å². The van der Waals surface area contributed by atoms with Crippen LogP contribution in [0.15, 0.2) is 71.2 Å². The number of likely N-dealkylation sites (tertiary alicyclic amines) is 1. The van der Waals surface area contributed by atoms with E-state index in [1.165, 1.54) is 24.0 Å². The number of imidazole rings is 1. The summed E-state index contributed by atoms with van der Waals surface area (Å²) in [4.78, 5) is 10.8. The summed E-state index contributed by atoms with van der Waals surface area (Å²) >= 11 is 16.1. The lowest BCUT2D eigenvalue weighted by atomic mass is 9.77. The summed E-state index contributed by atoms with van der Waals surface area (Å²) in [5.74, 6) is 2.14. The molecule has 34 heavy (non-hydrogen) atoms. The number of nitrogens with zero attached hydrogens (tertiary/aromatic N) is 2. The zero-order valence-corrected chi connectivity index (χ0v) is 22.1. The third-order valence-corrected chi connectivity index (χ3v) is 8.03. The number of aryl methyl sites for hydroxylation is 1. The number of rotatable bonds is 7. The second-order valence-corrected chi connectivity index (χ2v) is 11.0. The lowest BCUT2D eigenvalue weighted by molar-refractivity contribution is 0.159. The largest absolute Gasteiger partial charge is 0.342 e. The average Bonchev–Trinajstić information content (AvgIpc) is 3.25. The maximum Gasteiger partial charge on any atom is 0.107 e. The summed E-state index contributed by atoms with van der Waals surface area (Å²) in [6.07, 6.45) is 4.37. The summed E-state index contributed by atoms with van der Waals surface area (Å²) < 4.78 is 1.12. The highest BCUT2D eigenvalue weighted by Crippen LogP contribution is 2.37. The van der Waals surface area contributed by atoms with Gasteiger partial charge in [0.25, 0.3) is 0 Å². The van der Waals surface area contributed by atoms with E-state index in [1.54, 1.807) is 6.07 Å². The van der Waals surface area contributed by atoms with Crippen LogP contribution in [0.25, 0.3) is 11.0 Å². The van der Waals surface area contributed by atoms with Gasteiger partial charge in [0.05, 0.1) is 10.5 Å². The molecule has 1 aliphatic heterocycles. The third-order valence-electron chi connectivity index (χ3n) is 6.99. The molecule has 0 spiro atoms. The molecule has 0 saturated carbocycles. The minimum absolute atomic E-state index is 0.499. The Morgan fingerprint density at radius 1 is 1.00 bits per heavy atom. The van der Waals surface area contributed by atoms with Crippen molar-refractivity contribution in [1.29, 1.82) is 0 Å². The van der Waals surface area contributed by atoms with Crippen LogP contribution in [0.5, 0.6) is 0 Å². The molecule has 176 valence electrons. The summed E-state index contributed by atoms with van der Waals surface area (Å²) in [6, 6.07) is 23.3. The number of hydrogen-bond acceptors (Lipinski definition) is 2. The van der Waals surface area contributed by atoms with Gasteiger partial charge in [-0.15, -0.1) is 0 Å². The van der Waals surface area contributed by atoms with Crippen LogP contribution in [0.1, 0.15) is 42.1 Å². The maximum atomic E-state index is 6.37. The fourth-order valence-corrected chi connectivity index (χ4v) is 6.04. The van der Waals surface area contributed by atoms with Gasteiger partial charge in [0.2, 0.25) is 0 Å². The van der Waals surface area contributed by atoms with Crippen LogP contribution in [0.4, 0.5) is 0 Å². The molecule has 0 amide bonds. The van der Waals surface area contributed by atoms with E-state index in [2.05, 4.69) is 80.4 Å². The zero-order chi connectivity index (χ0) is 23.5. The van der Waals surface area contributed by atoms with Crippen molar-refractivity contribution in [3.8, 4) is 0 Å². The molecule has 0 bridgehead atoms. The van der Waals surface area contributed by atoms with Crippen molar-refractivity contribution in [3.05, 3.63) is 98.2 Å². The highest BCUT2D eigenvalue weighted by Gasteiger charge is 2.28. The maximum absolute atomic E-state index is 6.37. The summed E-state index contributed by atoms with van der Waals surface area (Å²) in [5.41, 5.74) is 4.52. The molecule has 1 N–H and O–H groups in total. The van der Waals surface area contributed by atoms with Crippen LogP contribution in [0.2, 0.25) is 10.0 Å². The molecule has 3 aromatic carbocycles. The number of H-pyrrole nitrogens is 1. The van der Waals surface area contributed by atoms with Crippen LogP contribution in [-0.2, 0) is 13.0 Å². The number of hydrogen-bond donors (Lipinski definition) is 1. The Labute approximate surface area is 219 Å². The van der Waals surface area contributed by atoms with E-state index in [-0.39, 0.29) is 0 Å². The van der Waals surface area contributed by atoms with Crippen LogP contribution < -0.4 is 0 Å². The molecule has 5 rings (SSSR count). The molecule has 2 heterocycles. The van der Waals surface area contributed by atoms with Gasteiger partial charge < -0.3 is 4.98 Å². The first-order valence-electron chi connectivity index (χ1n) is 11.9. The van der Waals surface area contributed by atoms with Gasteiger partial charge in [-0.05, 0) is 79.6 Å². The fourth-order valence-electron chi connectivity index (χ4n) is 5.24. The number of benzene rings is 3. The second-order valence-electron chi connectivity index (χ2n) is 9.26. The number of aromatic nitrogens is 2. The fraction of sp³-hybridized carbons (Fsp3) is 0.321. The van der Waals surface area contributed by atoms with E-state index in [9.17, 15) is 0 Å². The Kier molecular flexibility index (Phi) is 7.60. The first-order chi connectivity index (χ1) is 16.5. The Hall–Kier alpha value is -1.85.